The Kier molecular flexibility index (Phi) is 5.90. The quantitative estimate of drug-likeness (QED) is 0.730. The largest absolute Gasteiger partial charge is 0.493 e. The molecule has 150 valence electrons. The molecule has 8 heteroatoms. The summed E-state index contributed by atoms with van der Waals surface area (Å²) in [6, 6.07) is 11.5. The number of nitrogens with one attached hydrogen (secondary N) is 1. The van der Waals surface area contributed by atoms with Crippen LogP contribution in [0.1, 0.15) is 28.8 Å². The number of hydrogen-bond acceptors (Lipinski definition) is 5. The first-order chi connectivity index (χ1) is 13.4. The summed E-state index contributed by atoms with van der Waals surface area (Å²) in [6.45, 7) is 0.245. The molecule has 0 atom stereocenters. The highest BCUT2D eigenvalue weighted by Crippen LogP contribution is 2.36. The lowest BCUT2D eigenvalue weighted by Gasteiger charge is -2.22. The number of methoxy groups -OCH3 is 2. The van der Waals surface area contributed by atoms with Crippen molar-refractivity contribution in [3.63, 3.8) is 0 Å². The standard InChI is InChI=1S/C20H24N2O5S/c1-21-20(23)15-6-4-14(5-7-15)13-22(16-8-9-16)28(24,25)17-10-11-18(26-2)19(12-17)27-3/h4-7,10-12,16H,8-9,13H2,1-3H3,(H,21,23). The molecule has 0 aromatic heterocycles. The van der Waals surface area contributed by atoms with Gasteiger partial charge in [-0.3, -0.25) is 4.79 Å². The van der Waals surface area contributed by atoms with E-state index in [1.165, 1.54) is 30.7 Å². The predicted octanol–water partition coefficient (Wildman–Crippen LogP) is 2.42. The Labute approximate surface area is 165 Å². The molecule has 0 aliphatic heterocycles. The second-order valence-electron chi connectivity index (χ2n) is 6.57. The second-order valence-corrected chi connectivity index (χ2v) is 8.46. The highest BCUT2D eigenvalue weighted by molar-refractivity contribution is 7.89. The van der Waals surface area contributed by atoms with E-state index in [1.807, 2.05) is 0 Å². The molecule has 1 amide bonds. The number of amides is 1. The first kappa shape index (κ1) is 20.2. The van der Waals surface area contributed by atoms with Crippen LogP contribution in [0.5, 0.6) is 11.5 Å². The number of sulfonamides is 1. The van der Waals surface area contributed by atoms with E-state index >= 15 is 0 Å². The van der Waals surface area contributed by atoms with Crippen LogP contribution in [0.25, 0.3) is 0 Å². The van der Waals surface area contributed by atoms with Crippen molar-refractivity contribution in [2.45, 2.75) is 30.3 Å². The smallest absolute Gasteiger partial charge is 0.251 e. The van der Waals surface area contributed by atoms with Gasteiger partial charge in [-0.2, -0.15) is 4.31 Å². The third-order valence-corrected chi connectivity index (χ3v) is 6.59. The van der Waals surface area contributed by atoms with Crippen molar-refractivity contribution in [3.8, 4) is 11.5 Å². The molecule has 0 spiro atoms. The Hall–Kier alpha value is -2.58. The van der Waals surface area contributed by atoms with Gasteiger partial charge in [0.1, 0.15) is 0 Å². The van der Waals surface area contributed by atoms with E-state index in [2.05, 4.69) is 5.32 Å². The van der Waals surface area contributed by atoms with Gasteiger partial charge >= 0.3 is 0 Å². The van der Waals surface area contributed by atoms with E-state index in [0.29, 0.717) is 17.1 Å². The summed E-state index contributed by atoms with van der Waals surface area (Å²) in [4.78, 5) is 11.8. The maximum absolute atomic E-state index is 13.3. The summed E-state index contributed by atoms with van der Waals surface area (Å²) in [6.07, 6.45) is 1.67. The van der Waals surface area contributed by atoms with Crippen LogP contribution in [0.2, 0.25) is 0 Å². The van der Waals surface area contributed by atoms with Crippen molar-refractivity contribution in [3.05, 3.63) is 53.6 Å². The van der Waals surface area contributed by atoms with Gasteiger partial charge in [0.15, 0.2) is 11.5 Å². The minimum absolute atomic E-state index is 0.0169. The molecule has 0 bridgehead atoms. The Morgan fingerprint density at radius 1 is 1.07 bits per heavy atom. The predicted molar refractivity (Wildman–Crippen MR) is 105 cm³/mol. The van der Waals surface area contributed by atoms with Gasteiger partial charge < -0.3 is 14.8 Å². The van der Waals surface area contributed by atoms with E-state index in [4.69, 9.17) is 9.47 Å². The molecular formula is C20H24N2O5S. The minimum atomic E-state index is -3.71. The highest BCUT2D eigenvalue weighted by Gasteiger charge is 2.38. The zero-order valence-corrected chi connectivity index (χ0v) is 17.0. The van der Waals surface area contributed by atoms with Crippen LogP contribution in [0.15, 0.2) is 47.4 Å². The minimum Gasteiger partial charge on any atom is -0.493 e. The fraction of sp³-hybridized carbons (Fsp3) is 0.350. The number of nitrogens with zero attached hydrogens (tertiary/aromatic N) is 1. The molecule has 1 aliphatic rings. The van der Waals surface area contributed by atoms with Crippen LogP contribution in [0.4, 0.5) is 0 Å². The molecule has 3 rings (SSSR count). The highest BCUT2D eigenvalue weighted by atomic mass is 32.2. The molecule has 1 saturated carbocycles. The zero-order valence-electron chi connectivity index (χ0n) is 16.1. The van der Waals surface area contributed by atoms with Crippen LogP contribution in [-0.4, -0.2) is 45.9 Å². The van der Waals surface area contributed by atoms with Crippen molar-refractivity contribution in [1.82, 2.24) is 9.62 Å². The molecule has 2 aromatic carbocycles. The Morgan fingerprint density at radius 3 is 2.25 bits per heavy atom. The Morgan fingerprint density at radius 2 is 1.71 bits per heavy atom. The van der Waals surface area contributed by atoms with Crippen molar-refractivity contribution < 1.29 is 22.7 Å². The first-order valence-corrected chi connectivity index (χ1v) is 10.4. The molecule has 1 fully saturated rings. The molecule has 0 saturated heterocycles. The summed E-state index contributed by atoms with van der Waals surface area (Å²) in [5.74, 6) is 0.669. The zero-order chi connectivity index (χ0) is 20.3. The van der Waals surface area contributed by atoms with Gasteiger partial charge in [0, 0.05) is 31.3 Å². The van der Waals surface area contributed by atoms with E-state index in [0.717, 1.165) is 18.4 Å². The van der Waals surface area contributed by atoms with Gasteiger partial charge in [-0.25, -0.2) is 8.42 Å². The molecule has 7 nitrogen and oxygen atoms in total. The first-order valence-electron chi connectivity index (χ1n) is 8.95. The van der Waals surface area contributed by atoms with Crippen molar-refractivity contribution in [2.24, 2.45) is 0 Å². The van der Waals surface area contributed by atoms with E-state index in [9.17, 15) is 13.2 Å². The molecule has 1 aliphatic carbocycles. The molecule has 28 heavy (non-hydrogen) atoms. The van der Waals surface area contributed by atoms with Gasteiger partial charge in [-0.1, -0.05) is 12.1 Å². The third kappa shape index (κ3) is 4.13. The van der Waals surface area contributed by atoms with E-state index in [-0.39, 0.29) is 23.4 Å². The average molecular weight is 404 g/mol. The van der Waals surface area contributed by atoms with Gasteiger partial charge in [0.2, 0.25) is 10.0 Å². The van der Waals surface area contributed by atoms with Crippen molar-refractivity contribution in [1.29, 1.82) is 0 Å². The van der Waals surface area contributed by atoms with E-state index < -0.39 is 10.0 Å². The van der Waals surface area contributed by atoms with Crippen molar-refractivity contribution >= 4 is 15.9 Å². The monoisotopic (exact) mass is 404 g/mol. The molecule has 0 heterocycles. The molecule has 2 aromatic rings. The number of hydrogen-bond donors (Lipinski definition) is 1. The third-order valence-electron chi connectivity index (χ3n) is 4.70. The summed E-state index contributed by atoms with van der Waals surface area (Å²) < 4.78 is 38.5. The molecular weight excluding hydrogens is 380 g/mol. The van der Waals surface area contributed by atoms with Crippen LogP contribution < -0.4 is 14.8 Å². The topological polar surface area (TPSA) is 84.9 Å². The normalized spacial score (nSPS) is 14.0. The van der Waals surface area contributed by atoms with Crippen molar-refractivity contribution in [2.75, 3.05) is 21.3 Å². The fourth-order valence-electron chi connectivity index (χ4n) is 2.97. The average Bonchev–Trinajstić information content (AvgIpc) is 3.56. The Bertz CT molecular complexity index is 953. The lowest BCUT2D eigenvalue weighted by atomic mass is 10.1. The number of ether oxygens (including phenoxy) is 2. The Balaban J connectivity index is 1.88. The van der Waals surface area contributed by atoms with Gasteiger partial charge in [0.25, 0.3) is 5.91 Å². The lowest BCUT2D eigenvalue weighted by molar-refractivity contribution is 0.0963. The lowest BCUT2D eigenvalue weighted by Crippen LogP contribution is -2.32. The summed E-state index contributed by atoms with van der Waals surface area (Å²) in [5.41, 5.74) is 1.36. The molecule has 1 N–H and O–H groups in total. The van der Waals surface area contributed by atoms with Crippen LogP contribution >= 0.6 is 0 Å². The van der Waals surface area contributed by atoms with E-state index in [1.54, 1.807) is 37.4 Å². The SMILES string of the molecule is CNC(=O)c1ccc(CN(C2CC2)S(=O)(=O)c2ccc(OC)c(OC)c2)cc1. The maximum atomic E-state index is 13.3. The van der Waals surface area contributed by atoms with Crippen LogP contribution in [0.3, 0.4) is 0 Å². The molecule has 0 radical (unpaired) electrons. The van der Waals surface area contributed by atoms with Gasteiger partial charge in [0.05, 0.1) is 19.1 Å². The number of carbonyl (C=O) groups excluding carboxylic acids is 1. The van der Waals surface area contributed by atoms with Gasteiger partial charge in [-0.05, 0) is 42.7 Å². The summed E-state index contributed by atoms with van der Waals surface area (Å²) >= 11 is 0. The van der Waals surface area contributed by atoms with Gasteiger partial charge in [-0.15, -0.1) is 0 Å². The molecule has 0 unspecified atom stereocenters. The fourth-order valence-corrected chi connectivity index (χ4v) is 4.66. The maximum Gasteiger partial charge on any atom is 0.251 e. The van der Waals surface area contributed by atoms with Crippen LogP contribution in [0, 0.1) is 0 Å². The number of benzene rings is 2. The number of rotatable bonds is 8. The van der Waals surface area contributed by atoms with Crippen LogP contribution in [-0.2, 0) is 16.6 Å². The summed E-state index contributed by atoms with van der Waals surface area (Å²) in [5, 5.41) is 2.57. The number of carbonyl (C=O) groups is 1. The summed E-state index contributed by atoms with van der Waals surface area (Å²) in [7, 11) is 0.842. The second kappa shape index (κ2) is 8.20.